The molecule has 6 nitrogen and oxygen atoms in total. The highest BCUT2D eigenvalue weighted by atomic mass is 16.5. The standard InChI is InChI=1S/C39H41N3O3/c1-27-31(11-6-12-32(27)30-9-4-3-5-10-30)24-45-36-18-37(44-23-29-17-28(19-40)20-41-21-29)35(33-13-7-14-34(33)36)22-42-16-8-15-38(2)25-39(38,42)26-43/h3-6,9-12,17-18,20-21,43H,7-8,13-16,22-26H2,1-2H3. The monoisotopic (exact) mass is 599 g/mol. The normalized spacial score (nSPS) is 21.9. The molecule has 1 aliphatic heterocycles. The fourth-order valence-corrected chi connectivity index (χ4v) is 7.99. The van der Waals surface area contributed by atoms with Crippen LogP contribution in [0, 0.1) is 23.7 Å². The van der Waals surface area contributed by atoms with E-state index in [1.807, 2.05) is 12.1 Å². The lowest BCUT2D eigenvalue weighted by Gasteiger charge is -2.39. The molecule has 2 fully saturated rings. The number of fused-ring (bicyclic) bond motifs is 2. The molecule has 1 saturated carbocycles. The number of aliphatic hydroxyl groups excluding tert-OH is 1. The van der Waals surface area contributed by atoms with Gasteiger partial charge in [-0.15, -0.1) is 0 Å². The van der Waals surface area contributed by atoms with Crippen LogP contribution in [0.5, 0.6) is 11.5 Å². The Hall–Kier alpha value is -4.18. The van der Waals surface area contributed by atoms with Crippen molar-refractivity contribution in [1.82, 2.24) is 9.88 Å². The summed E-state index contributed by atoms with van der Waals surface area (Å²) < 4.78 is 13.3. The van der Waals surface area contributed by atoms with Crippen LogP contribution in [0.15, 0.2) is 73.1 Å². The lowest BCUT2D eigenvalue weighted by Crippen LogP contribution is -2.47. The zero-order chi connectivity index (χ0) is 31.0. The summed E-state index contributed by atoms with van der Waals surface area (Å²) >= 11 is 0. The van der Waals surface area contributed by atoms with E-state index in [1.165, 1.54) is 45.4 Å². The summed E-state index contributed by atoms with van der Waals surface area (Å²) in [5.41, 5.74) is 10.1. The fraction of sp³-hybridized carbons (Fsp3) is 0.385. The van der Waals surface area contributed by atoms with Crippen molar-refractivity contribution in [3.05, 3.63) is 112 Å². The van der Waals surface area contributed by atoms with E-state index in [2.05, 4.69) is 78.3 Å². The van der Waals surface area contributed by atoms with E-state index in [-0.39, 0.29) is 17.6 Å². The number of aliphatic hydroxyl groups is 1. The summed E-state index contributed by atoms with van der Waals surface area (Å²) in [6, 6.07) is 23.0. The smallest absolute Gasteiger partial charge is 0.128 e. The van der Waals surface area contributed by atoms with Crippen molar-refractivity contribution in [2.45, 2.75) is 77.7 Å². The van der Waals surface area contributed by atoms with E-state index in [9.17, 15) is 10.4 Å². The molecule has 0 radical (unpaired) electrons. The highest BCUT2D eigenvalue weighted by Crippen LogP contribution is 2.65. The Labute approximate surface area is 266 Å². The SMILES string of the molecule is Cc1c(COc2cc(OCc3cncc(C#N)c3)c(CN3CCCC4(C)CC34CO)c3c2CCC3)cccc1-c1ccccc1. The van der Waals surface area contributed by atoms with Gasteiger partial charge in [0.15, 0.2) is 0 Å². The van der Waals surface area contributed by atoms with Crippen molar-refractivity contribution >= 4 is 0 Å². The van der Waals surface area contributed by atoms with Crippen LogP contribution in [0.4, 0.5) is 0 Å². The van der Waals surface area contributed by atoms with E-state index < -0.39 is 0 Å². The number of piperidine rings is 1. The summed E-state index contributed by atoms with van der Waals surface area (Å²) in [4.78, 5) is 6.76. The molecule has 7 rings (SSSR count). The van der Waals surface area contributed by atoms with Crippen LogP contribution >= 0.6 is 0 Å². The van der Waals surface area contributed by atoms with Crippen molar-refractivity contribution < 1.29 is 14.6 Å². The van der Waals surface area contributed by atoms with Gasteiger partial charge < -0.3 is 14.6 Å². The summed E-state index contributed by atoms with van der Waals surface area (Å²) in [6.45, 7) is 7.22. The molecule has 0 spiro atoms. The number of likely N-dealkylation sites (tertiary alicyclic amines) is 1. The number of hydrogen-bond acceptors (Lipinski definition) is 6. The number of nitriles is 1. The lowest BCUT2D eigenvalue weighted by atomic mass is 9.90. The number of nitrogens with zero attached hydrogens (tertiary/aromatic N) is 3. The average Bonchev–Trinajstić information content (AvgIpc) is 3.43. The molecule has 2 heterocycles. The van der Waals surface area contributed by atoms with Gasteiger partial charge >= 0.3 is 0 Å². The van der Waals surface area contributed by atoms with Gasteiger partial charge in [0.2, 0.25) is 0 Å². The molecule has 230 valence electrons. The van der Waals surface area contributed by atoms with Crippen LogP contribution in [0.2, 0.25) is 0 Å². The Morgan fingerprint density at radius 2 is 1.78 bits per heavy atom. The maximum Gasteiger partial charge on any atom is 0.128 e. The molecule has 1 aromatic heterocycles. The van der Waals surface area contributed by atoms with Crippen molar-refractivity contribution in [3.63, 3.8) is 0 Å². The van der Waals surface area contributed by atoms with Crippen LogP contribution in [0.3, 0.4) is 0 Å². The minimum Gasteiger partial charge on any atom is -0.488 e. The summed E-state index contributed by atoms with van der Waals surface area (Å²) in [6.07, 6.45) is 9.75. The van der Waals surface area contributed by atoms with E-state index in [1.54, 1.807) is 12.4 Å². The summed E-state index contributed by atoms with van der Waals surface area (Å²) in [7, 11) is 0. The van der Waals surface area contributed by atoms with E-state index >= 15 is 0 Å². The van der Waals surface area contributed by atoms with Crippen LogP contribution in [0.1, 0.15) is 71.6 Å². The van der Waals surface area contributed by atoms with Gasteiger partial charge in [-0.1, -0.05) is 55.5 Å². The van der Waals surface area contributed by atoms with Gasteiger partial charge in [-0.3, -0.25) is 9.88 Å². The Kier molecular flexibility index (Phi) is 7.85. The Morgan fingerprint density at radius 1 is 0.956 bits per heavy atom. The molecule has 1 N–H and O–H groups in total. The molecule has 3 aliphatic rings. The quantitative estimate of drug-likeness (QED) is 0.206. The first-order valence-electron chi connectivity index (χ1n) is 16.2. The maximum absolute atomic E-state index is 10.6. The van der Waals surface area contributed by atoms with Crippen LogP contribution in [-0.2, 0) is 32.6 Å². The second kappa shape index (κ2) is 12.0. The zero-order valence-electron chi connectivity index (χ0n) is 26.3. The van der Waals surface area contributed by atoms with Gasteiger partial charge in [0.25, 0.3) is 0 Å². The summed E-state index contributed by atoms with van der Waals surface area (Å²) in [5, 5.41) is 20.0. The third kappa shape index (κ3) is 5.39. The molecule has 4 aromatic rings. The van der Waals surface area contributed by atoms with Gasteiger partial charge in [-0.05, 0) is 96.9 Å². The number of hydrogen-bond donors (Lipinski definition) is 1. The number of ether oxygens (including phenoxy) is 2. The third-order valence-corrected chi connectivity index (χ3v) is 10.7. The highest BCUT2D eigenvalue weighted by Gasteiger charge is 2.67. The minimum atomic E-state index is -0.143. The summed E-state index contributed by atoms with van der Waals surface area (Å²) in [5.74, 6) is 1.71. The second-order valence-corrected chi connectivity index (χ2v) is 13.3. The first-order chi connectivity index (χ1) is 21.9. The van der Waals surface area contributed by atoms with Gasteiger partial charge in [-0.2, -0.15) is 5.26 Å². The molecule has 0 amide bonds. The van der Waals surface area contributed by atoms with E-state index in [0.717, 1.165) is 62.3 Å². The van der Waals surface area contributed by atoms with Crippen molar-refractivity contribution in [2.75, 3.05) is 13.2 Å². The van der Waals surface area contributed by atoms with Gasteiger partial charge in [-0.25, -0.2) is 0 Å². The Morgan fingerprint density at radius 3 is 2.60 bits per heavy atom. The molecule has 3 aromatic carbocycles. The molecule has 2 unspecified atom stereocenters. The first-order valence-corrected chi connectivity index (χ1v) is 16.2. The topological polar surface area (TPSA) is 78.6 Å². The molecule has 1 saturated heterocycles. The van der Waals surface area contributed by atoms with Gasteiger partial charge in [0.05, 0.1) is 17.7 Å². The maximum atomic E-state index is 10.6. The average molecular weight is 600 g/mol. The van der Waals surface area contributed by atoms with Gasteiger partial charge in [0.1, 0.15) is 30.8 Å². The highest BCUT2D eigenvalue weighted by molar-refractivity contribution is 5.68. The van der Waals surface area contributed by atoms with Crippen molar-refractivity contribution in [3.8, 4) is 28.7 Å². The van der Waals surface area contributed by atoms with Crippen molar-refractivity contribution in [1.29, 1.82) is 5.26 Å². The second-order valence-electron chi connectivity index (χ2n) is 13.3. The molecule has 2 aliphatic carbocycles. The van der Waals surface area contributed by atoms with E-state index in [0.29, 0.717) is 18.8 Å². The van der Waals surface area contributed by atoms with Crippen molar-refractivity contribution in [2.24, 2.45) is 5.41 Å². The van der Waals surface area contributed by atoms with E-state index in [4.69, 9.17) is 9.47 Å². The zero-order valence-corrected chi connectivity index (χ0v) is 26.3. The molecule has 2 atom stereocenters. The molecule has 6 heteroatoms. The minimum absolute atomic E-state index is 0.143. The largest absolute Gasteiger partial charge is 0.488 e. The lowest BCUT2D eigenvalue weighted by molar-refractivity contribution is 0.0399. The number of pyridine rings is 1. The molecular weight excluding hydrogens is 558 g/mol. The van der Waals surface area contributed by atoms with Gasteiger partial charge in [0, 0.05) is 36.1 Å². The number of rotatable bonds is 10. The first kappa shape index (κ1) is 29.5. The molecular formula is C39H41N3O3. The Balaban J connectivity index is 1.22. The number of aromatic nitrogens is 1. The molecule has 45 heavy (non-hydrogen) atoms. The Bertz CT molecular complexity index is 1760. The van der Waals surface area contributed by atoms with Crippen LogP contribution in [-0.4, -0.2) is 33.7 Å². The predicted octanol–water partition coefficient (Wildman–Crippen LogP) is 7.31. The predicted molar refractivity (Wildman–Crippen MR) is 175 cm³/mol. The number of benzene rings is 3. The molecule has 0 bridgehead atoms. The van der Waals surface area contributed by atoms with Crippen LogP contribution < -0.4 is 9.47 Å². The third-order valence-electron chi connectivity index (χ3n) is 10.7. The van der Waals surface area contributed by atoms with Crippen LogP contribution in [0.25, 0.3) is 11.1 Å². The fourth-order valence-electron chi connectivity index (χ4n) is 7.99.